The predicted octanol–water partition coefficient (Wildman–Crippen LogP) is 3.30. The number of sulfonamides is 1. The van der Waals surface area contributed by atoms with Gasteiger partial charge in [0.2, 0.25) is 10.0 Å². The van der Waals surface area contributed by atoms with Gasteiger partial charge in [-0.15, -0.1) is 11.3 Å². The lowest BCUT2D eigenvalue weighted by molar-refractivity contribution is 0.581. The molecule has 0 aliphatic carbocycles. The first-order valence-corrected chi connectivity index (χ1v) is 9.12. The van der Waals surface area contributed by atoms with E-state index in [-0.39, 0.29) is 28.0 Å². The summed E-state index contributed by atoms with van der Waals surface area (Å²) in [6.45, 7) is 2.29. The summed E-state index contributed by atoms with van der Waals surface area (Å²) >= 11 is 13.6. The molecule has 0 atom stereocenters. The summed E-state index contributed by atoms with van der Waals surface area (Å²) in [4.78, 5) is 1.99. The fraction of sp³-hybridized carbons (Fsp3) is 0.231. The van der Waals surface area contributed by atoms with Crippen LogP contribution in [0.25, 0.3) is 0 Å². The second-order valence-electron chi connectivity index (χ2n) is 4.42. The standard InChI is InChI=1S/C13H14Cl2N2O2S2/c1-8-2-3-11(20-8)7-17-21(18,19)12-5-10(14)4-9(6-16)13(12)15/h2-5,17H,6-7,16H2,1H3. The average Bonchev–Trinajstić information content (AvgIpc) is 2.84. The highest BCUT2D eigenvalue weighted by atomic mass is 35.5. The second-order valence-corrected chi connectivity index (χ2v) is 8.34. The van der Waals surface area contributed by atoms with Crippen molar-refractivity contribution in [2.24, 2.45) is 5.73 Å². The molecule has 0 saturated heterocycles. The second kappa shape index (κ2) is 6.64. The fourth-order valence-electron chi connectivity index (χ4n) is 1.79. The van der Waals surface area contributed by atoms with Crippen molar-refractivity contribution in [1.82, 2.24) is 4.72 Å². The third-order valence-corrected chi connectivity index (χ3v) is 6.02. The summed E-state index contributed by atoms with van der Waals surface area (Å²) < 4.78 is 27.2. The summed E-state index contributed by atoms with van der Waals surface area (Å²) in [5.41, 5.74) is 6.04. The first-order valence-electron chi connectivity index (χ1n) is 6.06. The van der Waals surface area contributed by atoms with E-state index >= 15 is 0 Å². The van der Waals surface area contributed by atoms with Gasteiger partial charge in [0, 0.05) is 27.9 Å². The van der Waals surface area contributed by atoms with Gasteiger partial charge in [0.25, 0.3) is 0 Å². The van der Waals surface area contributed by atoms with Gasteiger partial charge in [0.05, 0.1) is 5.02 Å². The third kappa shape index (κ3) is 3.97. The molecule has 1 heterocycles. The molecule has 1 aromatic carbocycles. The summed E-state index contributed by atoms with van der Waals surface area (Å²) in [7, 11) is -3.75. The third-order valence-electron chi connectivity index (χ3n) is 2.82. The zero-order valence-corrected chi connectivity index (χ0v) is 14.3. The Morgan fingerprint density at radius 1 is 1.29 bits per heavy atom. The molecule has 0 aliphatic heterocycles. The minimum atomic E-state index is -3.75. The van der Waals surface area contributed by atoms with Crippen LogP contribution in [0.15, 0.2) is 29.2 Å². The van der Waals surface area contributed by atoms with Gasteiger partial charge in [-0.3, -0.25) is 0 Å². The molecule has 0 unspecified atom stereocenters. The molecule has 1 aromatic heterocycles. The largest absolute Gasteiger partial charge is 0.326 e. The van der Waals surface area contributed by atoms with Gasteiger partial charge in [0.1, 0.15) is 4.90 Å². The van der Waals surface area contributed by atoms with E-state index < -0.39 is 10.0 Å². The molecular formula is C13H14Cl2N2O2S2. The number of hydrogen-bond acceptors (Lipinski definition) is 4. The molecule has 114 valence electrons. The van der Waals surface area contributed by atoms with Crippen LogP contribution in [0.4, 0.5) is 0 Å². The van der Waals surface area contributed by atoms with Crippen LogP contribution >= 0.6 is 34.5 Å². The van der Waals surface area contributed by atoms with Crippen molar-refractivity contribution in [3.63, 3.8) is 0 Å². The van der Waals surface area contributed by atoms with Crippen molar-refractivity contribution in [2.45, 2.75) is 24.9 Å². The average molecular weight is 365 g/mol. The van der Waals surface area contributed by atoms with Crippen molar-refractivity contribution in [3.8, 4) is 0 Å². The summed E-state index contributed by atoms with van der Waals surface area (Å²) in [6.07, 6.45) is 0. The number of thiophene rings is 1. The van der Waals surface area contributed by atoms with Crippen LogP contribution in [0.5, 0.6) is 0 Å². The Morgan fingerprint density at radius 2 is 2.00 bits per heavy atom. The van der Waals surface area contributed by atoms with Gasteiger partial charge < -0.3 is 5.73 Å². The zero-order chi connectivity index (χ0) is 15.6. The SMILES string of the molecule is Cc1ccc(CNS(=O)(=O)c2cc(Cl)cc(CN)c2Cl)s1. The lowest BCUT2D eigenvalue weighted by Crippen LogP contribution is -2.23. The summed E-state index contributed by atoms with van der Waals surface area (Å²) in [6, 6.07) is 6.71. The van der Waals surface area contributed by atoms with E-state index in [4.69, 9.17) is 28.9 Å². The quantitative estimate of drug-likeness (QED) is 0.854. The monoisotopic (exact) mass is 364 g/mol. The minimum Gasteiger partial charge on any atom is -0.326 e. The first kappa shape index (κ1) is 16.7. The van der Waals surface area contributed by atoms with Crippen molar-refractivity contribution >= 4 is 44.6 Å². The molecule has 0 fully saturated rings. The maximum atomic E-state index is 12.4. The Hall–Kier alpha value is -0.630. The molecule has 0 saturated carbocycles. The number of nitrogens with two attached hydrogens (primary N) is 1. The maximum Gasteiger partial charge on any atom is 0.242 e. The lowest BCUT2D eigenvalue weighted by atomic mass is 10.2. The molecule has 2 rings (SSSR count). The summed E-state index contributed by atoms with van der Waals surface area (Å²) in [5.74, 6) is 0. The lowest BCUT2D eigenvalue weighted by Gasteiger charge is -2.11. The van der Waals surface area contributed by atoms with Gasteiger partial charge in [-0.05, 0) is 36.8 Å². The van der Waals surface area contributed by atoms with Gasteiger partial charge in [-0.1, -0.05) is 23.2 Å². The van der Waals surface area contributed by atoms with Crippen LogP contribution in [-0.2, 0) is 23.1 Å². The Labute approximate surface area is 137 Å². The molecule has 21 heavy (non-hydrogen) atoms. The van der Waals surface area contributed by atoms with Crippen LogP contribution < -0.4 is 10.5 Å². The Balaban J connectivity index is 2.29. The van der Waals surface area contributed by atoms with Gasteiger partial charge >= 0.3 is 0 Å². The molecular weight excluding hydrogens is 351 g/mol. The van der Waals surface area contributed by atoms with Crippen molar-refractivity contribution < 1.29 is 8.42 Å². The van der Waals surface area contributed by atoms with Gasteiger partial charge in [-0.2, -0.15) is 0 Å². The highest BCUT2D eigenvalue weighted by Crippen LogP contribution is 2.29. The number of halogens is 2. The fourth-order valence-corrected chi connectivity index (χ4v) is 4.65. The van der Waals surface area contributed by atoms with Crippen LogP contribution in [0, 0.1) is 6.92 Å². The van der Waals surface area contributed by atoms with E-state index in [2.05, 4.69) is 4.72 Å². The molecule has 0 radical (unpaired) electrons. The van der Waals surface area contributed by atoms with Crippen LogP contribution in [0.3, 0.4) is 0 Å². The van der Waals surface area contributed by atoms with E-state index in [1.807, 2.05) is 19.1 Å². The van der Waals surface area contributed by atoms with Crippen LogP contribution in [0.1, 0.15) is 15.3 Å². The van der Waals surface area contributed by atoms with Crippen molar-refractivity contribution in [3.05, 3.63) is 49.6 Å². The van der Waals surface area contributed by atoms with Crippen molar-refractivity contribution in [2.75, 3.05) is 0 Å². The molecule has 3 N–H and O–H groups in total. The number of nitrogens with one attached hydrogen (secondary N) is 1. The van der Waals surface area contributed by atoms with E-state index in [9.17, 15) is 8.42 Å². The highest BCUT2D eigenvalue weighted by Gasteiger charge is 2.20. The van der Waals surface area contributed by atoms with Gasteiger partial charge in [0.15, 0.2) is 0 Å². The first-order chi connectivity index (χ1) is 9.83. The predicted molar refractivity (Wildman–Crippen MR) is 87.4 cm³/mol. The maximum absolute atomic E-state index is 12.4. The molecule has 0 spiro atoms. The van der Waals surface area contributed by atoms with Crippen LogP contribution in [-0.4, -0.2) is 8.42 Å². The molecule has 0 amide bonds. The molecule has 0 bridgehead atoms. The number of aryl methyl sites for hydroxylation is 1. The van der Waals surface area contributed by atoms with Crippen LogP contribution in [0.2, 0.25) is 10.0 Å². The Morgan fingerprint density at radius 3 is 2.57 bits per heavy atom. The number of rotatable bonds is 5. The highest BCUT2D eigenvalue weighted by molar-refractivity contribution is 7.89. The van der Waals surface area contributed by atoms with Crippen molar-refractivity contribution in [1.29, 1.82) is 0 Å². The van der Waals surface area contributed by atoms with E-state index in [1.165, 1.54) is 17.4 Å². The van der Waals surface area contributed by atoms with E-state index in [0.717, 1.165) is 9.75 Å². The number of benzene rings is 1. The van der Waals surface area contributed by atoms with Gasteiger partial charge in [-0.25, -0.2) is 13.1 Å². The molecule has 2 aromatic rings. The van der Waals surface area contributed by atoms with E-state index in [0.29, 0.717) is 5.56 Å². The molecule has 0 aliphatic rings. The molecule has 4 nitrogen and oxygen atoms in total. The Kier molecular flexibility index (Phi) is 5.29. The van der Waals surface area contributed by atoms with E-state index in [1.54, 1.807) is 6.07 Å². The normalized spacial score (nSPS) is 11.8. The number of hydrogen-bond donors (Lipinski definition) is 2. The Bertz CT molecular complexity index is 758. The summed E-state index contributed by atoms with van der Waals surface area (Å²) in [5, 5.41) is 0.393. The smallest absolute Gasteiger partial charge is 0.242 e. The topological polar surface area (TPSA) is 72.2 Å². The molecule has 8 heteroatoms. The zero-order valence-electron chi connectivity index (χ0n) is 11.2. The minimum absolute atomic E-state index is 0.0506.